The number of piperazine rings is 1. The molecule has 9 heteroatoms. The van der Waals surface area contributed by atoms with Gasteiger partial charge in [0.1, 0.15) is 5.75 Å². The summed E-state index contributed by atoms with van der Waals surface area (Å²) in [5.74, 6) is 0.553. The molecular weight excluding hydrogens is 498 g/mol. The minimum atomic E-state index is -0.175. The number of para-hydroxylation sites is 2. The molecule has 202 valence electrons. The van der Waals surface area contributed by atoms with E-state index in [0.717, 1.165) is 62.9 Å². The van der Waals surface area contributed by atoms with Gasteiger partial charge < -0.3 is 30.1 Å². The zero-order chi connectivity index (χ0) is 26.9. The van der Waals surface area contributed by atoms with E-state index in [2.05, 4.69) is 45.2 Å². The maximum atomic E-state index is 13.4. The zero-order valence-corrected chi connectivity index (χ0v) is 23.2. The third-order valence-electron chi connectivity index (χ3n) is 6.90. The second kappa shape index (κ2) is 13.3. The molecule has 2 N–H and O–H groups in total. The molecule has 2 heterocycles. The largest absolute Gasteiger partial charge is 0.495 e. The van der Waals surface area contributed by atoms with E-state index in [4.69, 9.17) is 4.74 Å². The Morgan fingerprint density at radius 3 is 2.29 bits per heavy atom. The molecule has 0 bridgehead atoms. The number of amides is 2. The number of rotatable bonds is 11. The first-order chi connectivity index (χ1) is 18.5. The molecule has 0 atom stereocenters. The average Bonchev–Trinajstić information content (AvgIpc) is 3.51. The maximum absolute atomic E-state index is 13.4. The van der Waals surface area contributed by atoms with E-state index in [9.17, 15) is 9.59 Å². The third-order valence-corrected chi connectivity index (χ3v) is 7.77. The van der Waals surface area contributed by atoms with Gasteiger partial charge in [0, 0.05) is 50.6 Å². The number of ether oxygens (including phenoxy) is 1. The van der Waals surface area contributed by atoms with Crippen LogP contribution < -0.4 is 25.2 Å². The van der Waals surface area contributed by atoms with Crippen molar-refractivity contribution in [3.63, 3.8) is 0 Å². The monoisotopic (exact) mass is 535 g/mol. The fourth-order valence-electron chi connectivity index (χ4n) is 4.71. The Morgan fingerprint density at radius 1 is 0.921 bits per heavy atom. The van der Waals surface area contributed by atoms with Crippen molar-refractivity contribution in [2.75, 3.05) is 74.6 Å². The first kappa shape index (κ1) is 27.5. The topological polar surface area (TPSA) is 77.2 Å². The maximum Gasteiger partial charge on any atom is 0.265 e. The van der Waals surface area contributed by atoms with Gasteiger partial charge in [0.25, 0.3) is 11.8 Å². The normalized spacial score (nSPS) is 13.5. The number of benzene rings is 2. The van der Waals surface area contributed by atoms with Crippen molar-refractivity contribution in [1.29, 1.82) is 0 Å². The molecule has 38 heavy (non-hydrogen) atoms. The Labute approximate surface area is 229 Å². The van der Waals surface area contributed by atoms with Crippen LogP contribution in [0.1, 0.15) is 33.9 Å². The lowest BCUT2D eigenvalue weighted by molar-refractivity contribution is 0.0948. The van der Waals surface area contributed by atoms with Crippen molar-refractivity contribution in [3.8, 4) is 5.75 Å². The van der Waals surface area contributed by atoms with Crippen molar-refractivity contribution in [3.05, 3.63) is 70.4 Å². The first-order valence-electron chi connectivity index (χ1n) is 13.2. The van der Waals surface area contributed by atoms with Crippen LogP contribution in [0.3, 0.4) is 0 Å². The minimum Gasteiger partial charge on any atom is -0.495 e. The molecule has 0 radical (unpaired) electrons. The van der Waals surface area contributed by atoms with Crippen molar-refractivity contribution < 1.29 is 14.3 Å². The highest BCUT2D eigenvalue weighted by Crippen LogP contribution is 2.31. The molecule has 1 aromatic heterocycles. The summed E-state index contributed by atoms with van der Waals surface area (Å²) in [5.41, 5.74) is 3.13. The summed E-state index contributed by atoms with van der Waals surface area (Å²) in [6.07, 6.45) is 0. The number of hydrogen-bond acceptors (Lipinski definition) is 7. The predicted molar refractivity (Wildman–Crippen MR) is 156 cm³/mol. The van der Waals surface area contributed by atoms with Crippen molar-refractivity contribution in [1.82, 2.24) is 10.2 Å². The molecule has 0 spiro atoms. The molecule has 0 saturated carbocycles. The van der Waals surface area contributed by atoms with Crippen LogP contribution in [0, 0.1) is 0 Å². The Morgan fingerprint density at radius 2 is 1.63 bits per heavy atom. The summed E-state index contributed by atoms with van der Waals surface area (Å²) < 4.78 is 5.56. The molecule has 0 unspecified atom stereocenters. The lowest BCUT2D eigenvalue weighted by atomic mass is 10.1. The zero-order valence-electron chi connectivity index (χ0n) is 22.4. The van der Waals surface area contributed by atoms with Crippen LogP contribution in [0.5, 0.6) is 5.75 Å². The van der Waals surface area contributed by atoms with E-state index in [1.165, 1.54) is 11.3 Å². The number of anilines is 3. The van der Waals surface area contributed by atoms with E-state index in [1.807, 2.05) is 41.8 Å². The molecule has 0 aliphatic carbocycles. The van der Waals surface area contributed by atoms with Gasteiger partial charge in [-0.15, -0.1) is 11.3 Å². The number of thiophene rings is 1. The summed E-state index contributed by atoms with van der Waals surface area (Å²) in [7, 11) is 1.69. The highest BCUT2D eigenvalue weighted by molar-refractivity contribution is 7.12. The lowest BCUT2D eigenvalue weighted by Gasteiger charge is -2.38. The third kappa shape index (κ3) is 6.65. The van der Waals surface area contributed by atoms with Crippen molar-refractivity contribution >= 4 is 40.2 Å². The van der Waals surface area contributed by atoms with Gasteiger partial charge in [-0.1, -0.05) is 32.0 Å². The molecule has 3 aromatic rings. The molecule has 1 saturated heterocycles. The predicted octanol–water partition coefficient (Wildman–Crippen LogP) is 4.41. The Balaban J connectivity index is 1.51. The fourth-order valence-corrected chi connectivity index (χ4v) is 5.33. The molecule has 4 rings (SSSR count). The number of carbonyl (C=O) groups excluding carboxylic acids is 2. The summed E-state index contributed by atoms with van der Waals surface area (Å²) >= 11 is 1.39. The van der Waals surface area contributed by atoms with Crippen LogP contribution in [-0.4, -0.2) is 76.2 Å². The summed E-state index contributed by atoms with van der Waals surface area (Å²) in [6.45, 7) is 10.6. The number of methoxy groups -OCH3 is 1. The highest BCUT2D eigenvalue weighted by Gasteiger charge is 2.24. The molecule has 2 aromatic carbocycles. The second-order valence-corrected chi connectivity index (χ2v) is 10.0. The van der Waals surface area contributed by atoms with Crippen LogP contribution in [0.15, 0.2) is 60.0 Å². The van der Waals surface area contributed by atoms with E-state index in [0.29, 0.717) is 22.7 Å². The summed E-state index contributed by atoms with van der Waals surface area (Å²) in [5, 5.41) is 7.91. The average molecular weight is 536 g/mol. The molecule has 1 aliphatic rings. The second-order valence-electron chi connectivity index (χ2n) is 9.09. The van der Waals surface area contributed by atoms with Gasteiger partial charge >= 0.3 is 0 Å². The van der Waals surface area contributed by atoms with E-state index in [-0.39, 0.29) is 11.8 Å². The number of nitrogens with one attached hydrogen (secondary N) is 2. The molecule has 1 aliphatic heterocycles. The SMILES string of the molecule is CCN(CC)CCNC(=O)c1cc(NC(=O)c2cccs2)ccc1N1CCN(c2ccccc2OC)CC1. The first-order valence-corrected chi connectivity index (χ1v) is 14.0. The van der Waals surface area contributed by atoms with Gasteiger partial charge in [0.2, 0.25) is 0 Å². The highest BCUT2D eigenvalue weighted by atomic mass is 32.1. The molecular formula is C29H37N5O3S. The van der Waals surface area contributed by atoms with Gasteiger partial charge in [-0.2, -0.15) is 0 Å². The van der Waals surface area contributed by atoms with Crippen LogP contribution >= 0.6 is 11.3 Å². The van der Waals surface area contributed by atoms with Gasteiger partial charge in [0.15, 0.2) is 0 Å². The molecule has 2 amide bonds. The van der Waals surface area contributed by atoms with E-state index < -0.39 is 0 Å². The van der Waals surface area contributed by atoms with Crippen LogP contribution in [0.4, 0.5) is 17.1 Å². The molecule has 8 nitrogen and oxygen atoms in total. The minimum absolute atomic E-state index is 0.133. The Kier molecular flexibility index (Phi) is 9.62. The standard InChI is InChI=1S/C29H37N5O3S/c1-4-32(5-2)15-14-30-28(35)23-21-22(31-29(36)27-11-8-20-38-27)12-13-24(23)33-16-18-34(19-17-33)25-9-6-7-10-26(25)37-3/h6-13,20-21H,4-5,14-19H2,1-3H3,(H,30,35)(H,31,36). The Bertz CT molecular complexity index is 1200. The lowest BCUT2D eigenvalue weighted by Crippen LogP contribution is -2.47. The van der Waals surface area contributed by atoms with Gasteiger partial charge in [0.05, 0.1) is 23.2 Å². The van der Waals surface area contributed by atoms with Crippen LogP contribution in [0.25, 0.3) is 0 Å². The number of carbonyl (C=O) groups is 2. The van der Waals surface area contributed by atoms with Crippen LogP contribution in [-0.2, 0) is 0 Å². The van der Waals surface area contributed by atoms with Gasteiger partial charge in [-0.05, 0) is 54.9 Å². The van der Waals surface area contributed by atoms with Crippen molar-refractivity contribution in [2.24, 2.45) is 0 Å². The summed E-state index contributed by atoms with van der Waals surface area (Å²) in [4.78, 5) is 33.5. The van der Waals surface area contributed by atoms with Gasteiger partial charge in [-0.3, -0.25) is 9.59 Å². The van der Waals surface area contributed by atoms with Crippen molar-refractivity contribution in [2.45, 2.75) is 13.8 Å². The smallest absolute Gasteiger partial charge is 0.265 e. The Hall–Kier alpha value is -3.56. The number of likely N-dealkylation sites (N-methyl/N-ethyl adjacent to an activating group) is 1. The molecule has 1 fully saturated rings. The number of nitrogens with zero attached hydrogens (tertiary/aromatic N) is 3. The van der Waals surface area contributed by atoms with Gasteiger partial charge in [-0.25, -0.2) is 0 Å². The fraction of sp³-hybridized carbons (Fsp3) is 0.379. The quantitative estimate of drug-likeness (QED) is 0.379. The van der Waals surface area contributed by atoms with Crippen LogP contribution in [0.2, 0.25) is 0 Å². The van der Waals surface area contributed by atoms with E-state index in [1.54, 1.807) is 19.2 Å². The number of hydrogen-bond donors (Lipinski definition) is 2. The van der Waals surface area contributed by atoms with E-state index >= 15 is 0 Å². The summed E-state index contributed by atoms with van der Waals surface area (Å²) in [6, 6.07) is 17.3.